The molecular formula is C13H19NO3. The van der Waals surface area contributed by atoms with Gasteiger partial charge in [0.25, 0.3) is 0 Å². The van der Waals surface area contributed by atoms with Crippen LogP contribution in [-0.2, 0) is 4.79 Å². The predicted octanol–water partition coefficient (Wildman–Crippen LogP) is 2.15. The minimum atomic E-state index is -0.842. The summed E-state index contributed by atoms with van der Waals surface area (Å²) in [5, 5.41) is 21.3. The number of carbonyl (C=O) groups is 1. The van der Waals surface area contributed by atoms with Crippen LogP contribution in [0.25, 0.3) is 0 Å². The van der Waals surface area contributed by atoms with Crippen LogP contribution in [0.1, 0.15) is 32.4 Å². The fourth-order valence-corrected chi connectivity index (χ4v) is 1.68. The molecule has 0 saturated carbocycles. The first-order valence-electron chi connectivity index (χ1n) is 5.69. The van der Waals surface area contributed by atoms with Crippen LogP contribution in [0.3, 0.4) is 0 Å². The highest BCUT2D eigenvalue weighted by atomic mass is 16.4. The molecule has 1 rings (SSSR count). The SMILES string of the molecule is CC(NC(C(=O)O)C(C)C)c1ccc(O)cc1. The Morgan fingerprint density at radius 2 is 1.71 bits per heavy atom. The lowest BCUT2D eigenvalue weighted by Crippen LogP contribution is -2.42. The molecule has 0 aliphatic rings. The van der Waals surface area contributed by atoms with Crippen LogP contribution in [0.15, 0.2) is 24.3 Å². The Morgan fingerprint density at radius 1 is 1.18 bits per heavy atom. The smallest absolute Gasteiger partial charge is 0.320 e. The van der Waals surface area contributed by atoms with Gasteiger partial charge in [0, 0.05) is 6.04 Å². The quantitative estimate of drug-likeness (QED) is 0.734. The number of aromatic hydroxyl groups is 1. The summed E-state index contributed by atoms with van der Waals surface area (Å²) in [6, 6.07) is 6.12. The molecule has 0 fully saturated rings. The van der Waals surface area contributed by atoms with E-state index in [1.54, 1.807) is 24.3 Å². The van der Waals surface area contributed by atoms with Crippen LogP contribution < -0.4 is 5.32 Å². The molecule has 0 spiro atoms. The number of rotatable bonds is 5. The molecule has 4 nitrogen and oxygen atoms in total. The molecule has 2 unspecified atom stereocenters. The monoisotopic (exact) mass is 237 g/mol. The molecule has 0 heterocycles. The predicted molar refractivity (Wildman–Crippen MR) is 65.9 cm³/mol. The average Bonchev–Trinajstić information content (AvgIpc) is 2.25. The molecule has 94 valence electrons. The maximum absolute atomic E-state index is 11.1. The lowest BCUT2D eigenvalue weighted by molar-refractivity contribution is -0.140. The van der Waals surface area contributed by atoms with Gasteiger partial charge < -0.3 is 10.2 Å². The highest BCUT2D eigenvalue weighted by molar-refractivity contribution is 5.73. The van der Waals surface area contributed by atoms with Gasteiger partial charge >= 0.3 is 5.97 Å². The van der Waals surface area contributed by atoms with Gasteiger partial charge in [-0.25, -0.2) is 0 Å². The number of nitrogens with one attached hydrogen (secondary N) is 1. The molecular weight excluding hydrogens is 218 g/mol. The Labute approximate surface area is 101 Å². The zero-order valence-corrected chi connectivity index (χ0v) is 10.3. The zero-order valence-electron chi connectivity index (χ0n) is 10.3. The molecule has 0 aliphatic carbocycles. The normalized spacial score (nSPS) is 14.6. The van der Waals surface area contributed by atoms with E-state index in [1.807, 2.05) is 20.8 Å². The maximum atomic E-state index is 11.1. The van der Waals surface area contributed by atoms with E-state index < -0.39 is 12.0 Å². The van der Waals surface area contributed by atoms with Crippen molar-refractivity contribution in [1.29, 1.82) is 0 Å². The fraction of sp³-hybridized carbons (Fsp3) is 0.462. The van der Waals surface area contributed by atoms with Gasteiger partial charge in [-0.2, -0.15) is 0 Å². The number of carboxylic acid groups (broad SMARTS) is 1. The minimum Gasteiger partial charge on any atom is -0.508 e. The van der Waals surface area contributed by atoms with Gasteiger partial charge in [-0.3, -0.25) is 10.1 Å². The van der Waals surface area contributed by atoms with Crippen molar-refractivity contribution in [3.05, 3.63) is 29.8 Å². The average molecular weight is 237 g/mol. The number of hydrogen-bond acceptors (Lipinski definition) is 3. The van der Waals surface area contributed by atoms with E-state index in [0.29, 0.717) is 0 Å². The van der Waals surface area contributed by atoms with Crippen molar-refractivity contribution in [2.45, 2.75) is 32.9 Å². The first-order valence-corrected chi connectivity index (χ1v) is 5.69. The summed E-state index contributed by atoms with van der Waals surface area (Å²) in [4.78, 5) is 11.1. The third-order valence-corrected chi connectivity index (χ3v) is 2.76. The summed E-state index contributed by atoms with van der Waals surface area (Å²) in [7, 11) is 0. The second kappa shape index (κ2) is 5.68. The highest BCUT2D eigenvalue weighted by Gasteiger charge is 2.23. The first-order chi connectivity index (χ1) is 7.91. The summed E-state index contributed by atoms with van der Waals surface area (Å²) in [6.07, 6.45) is 0. The molecule has 17 heavy (non-hydrogen) atoms. The molecule has 3 N–H and O–H groups in total. The topological polar surface area (TPSA) is 69.6 Å². The molecule has 1 aromatic rings. The summed E-state index contributed by atoms with van der Waals surface area (Å²) in [5.74, 6) is -0.614. The van der Waals surface area contributed by atoms with Gasteiger partial charge in [0.05, 0.1) is 0 Å². The van der Waals surface area contributed by atoms with Gasteiger partial charge in [0.2, 0.25) is 0 Å². The fourth-order valence-electron chi connectivity index (χ4n) is 1.68. The summed E-state index contributed by atoms with van der Waals surface area (Å²) < 4.78 is 0. The van der Waals surface area contributed by atoms with Gasteiger partial charge in [0.1, 0.15) is 11.8 Å². The Balaban J connectivity index is 2.73. The van der Waals surface area contributed by atoms with E-state index in [2.05, 4.69) is 5.32 Å². The summed E-state index contributed by atoms with van der Waals surface area (Å²) in [6.45, 7) is 5.65. The van der Waals surface area contributed by atoms with Crippen LogP contribution in [0.5, 0.6) is 5.75 Å². The number of phenols is 1. The van der Waals surface area contributed by atoms with E-state index in [1.165, 1.54) is 0 Å². The lowest BCUT2D eigenvalue weighted by Gasteiger charge is -2.23. The lowest BCUT2D eigenvalue weighted by atomic mass is 10.0. The van der Waals surface area contributed by atoms with Gasteiger partial charge in [-0.15, -0.1) is 0 Å². The molecule has 0 aromatic heterocycles. The largest absolute Gasteiger partial charge is 0.508 e. The Kier molecular flexibility index (Phi) is 4.52. The number of benzene rings is 1. The van der Waals surface area contributed by atoms with E-state index in [0.717, 1.165) is 5.56 Å². The second-order valence-corrected chi connectivity index (χ2v) is 4.54. The van der Waals surface area contributed by atoms with E-state index in [-0.39, 0.29) is 17.7 Å². The Bertz CT molecular complexity index is 373. The molecule has 4 heteroatoms. The van der Waals surface area contributed by atoms with E-state index >= 15 is 0 Å². The van der Waals surface area contributed by atoms with Gasteiger partial charge in [-0.1, -0.05) is 26.0 Å². The number of aliphatic carboxylic acids is 1. The van der Waals surface area contributed by atoms with E-state index in [4.69, 9.17) is 5.11 Å². The maximum Gasteiger partial charge on any atom is 0.320 e. The molecule has 0 radical (unpaired) electrons. The number of phenolic OH excluding ortho intramolecular Hbond substituents is 1. The van der Waals surface area contributed by atoms with Crippen molar-refractivity contribution in [3.8, 4) is 5.75 Å². The zero-order chi connectivity index (χ0) is 13.0. The van der Waals surface area contributed by atoms with Crippen LogP contribution in [0.4, 0.5) is 0 Å². The molecule has 0 aliphatic heterocycles. The second-order valence-electron chi connectivity index (χ2n) is 4.54. The van der Waals surface area contributed by atoms with Gasteiger partial charge in [-0.05, 0) is 30.5 Å². The number of carboxylic acids is 1. The van der Waals surface area contributed by atoms with Crippen LogP contribution in [0, 0.1) is 5.92 Å². The molecule has 0 bridgehead atoms. The molecule has 0 amide bonds. The summed E-state index contributed by atoms with van der Waals surface area (Å²) in [5.41, 5.74) is 0.953. The van der Waals surface area contributed by atoms with Crippen molar-refractivity contribution in [1.82, 2.24) is 5.32 Å². The number of hydrogen-bond donors (Lipinski definition) is 3. The van der Waals surface area contributed by atoms with Crippen molar-refractivity contribution in [2.75, 3.05) is 0 Å². The van der Waals surface area contributed by atoms with Crippen LogP contribution in [0.2, 0.25) is 0 Å². The Hall–Kier alpha value is -1.55. The van der Waals surface area contributed by atoms with Crippen molar-refractivity contribution >= 4 is 5.97 Å². The highest BCUT2D eigenvalue weighted by Crippen LogP contribution is 2.18. The van der Waals surface area contributed by atoms with Crippen molar-refractivity contribution in [2.24, 2.45) is 5.92 Å². The first kappa shape index (κ1) is 13.5. The van der Waals surface area contributed by atoms with Crippen molar-refractivity contribution < 1.29 is 15.0 Å². The third-order valence-electron chi connectivity index (χ3n) is 2.76. The Morgan fingerprint density at radius 3 is 2.12 bits per heavy atom. The molecule has 1 aromatic carbocycles. The van der Waals surface area contributed by atoms with Crippen LogP contribution >= 0.6 is 0 Å². The van der Waals surface area contributed by atoms with E-state index in [9.17, 15) is 9.90 Å². The standard InChI is InChI=1S/C13H19NO3/c1-8(2)12(13(16)17)14-9(3)10-4-6-11(15)7-5-10/h4-9,12,14-15H,1-3H3,(H,16,17). The molecule has 0 saturated heterocycles. The van der Waals surface area contributed by atoms with Crippen LogP contribution in [-0.4, -0.2) is 22.2 Å². The summed E-state index contributed by atoms with van der Waals surface area (Å²) >= 11 is 0. The molecule has 2 atom stereocenters. The third kappa shape index (κ3) is 3.75. The van der Waals surface area contributed by atoms with Gasteiger partial charge in [0.15, 0.2) is 0 Å². The van der Waals surface area contributed by atoms with Crippen molar-refractivity contribution in [3.63, 3.8) is 0 Å². The minimum absolute atomic E-state index is 0.0204.